The van der Waals surface area contributed by atoms with Gasteiger partial charge in [0.15, 0.2) is 0 Å². The predicted octanol–water partition coefficient (Wildman–Crippen LogP) is 0.414. The van der Waals surface area contributed by atoms with Crippen molar-refractivity contribution in [2.45, 2.75) is 26.2 Å². The minimum Gasteiger partial charge on any atom is -0.466 e. The lowest BCUT2D eigenvalue weighted by molar-refractivity contribution is -0.150. The number of ether oxygens (including phenoxy) is 2. The van der Waals surface area contributed by atoms with E-state index in [9.17, 15) is 9.59 Å². The van der Waals surface area contributed by atoms with Crippen LogP contribution in [0.1, 0.15) is 26.2 Å². The van der Waals surface area contributed by atoms with Crippen molar-refractivity contribution in [2.24, 2.45) is 5.92 Å². The second-order valence-electron chi connectivity index (χ2n) is 5.02. The van der Waals surface area contributed by atoms with Crippen molar-refractivity contribution in [2.75, 3.05) is 46.5 Å². The fourth-order valence-electron chi connectivity index (χ4n) is 2.35. The molecule has 1 aliphatic heterocycles. The standard InChI is InChI=1S/C14H26N2O4/c1-3-20-14(18)12-6-4-8-16(10-12)11-13(17)15-7-5-9-19-2/h12H,3-11H2,1-2H3,(H,15,17). The van der Waals surface area contributed by atoms with Crippen molar-refractivity contribution in [3.05, 3.63) is 0 Å². The van der Waals surface area contributed by atoms with Gasteiger partial charge in [-0.25, -0.2) is 0 Å². The van der Waals surface area contributed by atoms with Crippen LogP contribution in [-0.4, -0.2) is 63.3 Å². The van der Waals surface area contributed by atoms with Gasteiger partial charge in [-0.1, -0.05) is 0 Å². The molecule has 0 bridgehead atoms. The maximum Gasteiger partial charge on any atom is 0.310 e. The summed E-state index contributed by atoms with van der Waals surface area (Å²) >= 11 is 0. The van der Waals surface area contributed by atoms with Crippen LogP contribution >= 0.6 is 0 Å². The van der Waals surface area contributed by atoms with Gasteiger partial charge in [-0.05, 0) is 32.7 Å². The average molecular weight is 286 g/mol. The largest absolute Gasteiger partial charge is 0.466 e. The number of carbonyl (C=O) groups excluding carboxylic acids is 2. The quantitative estimate of drug-likeness (QED) is 0.517. The van der Waals surface area contributed by atoms with Crippen LogP contribution in [0.5, 0.6) is 0 Å². The van der Waals surface area contributed by atoms with Crippen molar-refractivity contribution >= 4 is 11.9 Å². The van der Waals surface area contributed by atoms with E-state index in [-0.39, 0.29) is 17.8 Å². The molecule has 1 fully saturated rings. The van der Waals surface area contributed by atoms with Gasteiger partial charge in [0.05, 0.1) is 19.1 Å². The summed E-state index contributed by atoms with van der Waals surface area (Å²) in [4.78, 5) is 25.5. The van der Waals surface area contributed by atoms with E-state index in [1.165, 1.54) is 0 Å². The third-order valence-corrected chi connectivity index (χ3v) is 3.34. The van der Waals surface area contributed by atoms with E-state index >= 15 is 0 Å². The van der Waals surface area contributed by atoms with Crippen LogP contribution in [0.15, 0.2) is 0 Å². The maximum absolute atomic E-state index is 11.8. The second-order valence-corrected chi connectivity index (χ2v) is 5.02. The fourth-order valence-corrected chi connectivity index (χ4v) is 2.35. The lowest BCUT2D eigenvalue weighted by atomic mass is 9.98. The van der Waals surface area contributed by atoms with E-state index < -0.39 is 0 Å². The molecule has 6 heteroatoms. The van der Waals surface area contributed by atoms with Crippen molar-refractivity contribution in [3.63, 3.8) is 0 Å². The molecule has 0 aromatic carbocycles. The van der Waals surface area contributed by atoms with Gasteiger partial charge in [-0.2, -0.15) is 0 Å². The Morgan fingerprint density at radius 3 is 2.90 bits per heavy atom. The van der Waals surface area contributed by atoms with Crippen molar-refractivity contribution in [1.29, 1.82) is 0 Å². The molecular weight excluding hydrogens is 260 g/mol. The number of hydrogen-bond donors (Lipinski definition) is 1. The molecule has 1 N–H and O–H groups in total. The number of likely N-dealkylation sites (tertiary alicyclic amines) is 1. The number of esters is 1. The maximum atomic E-state index is 11.8. The van der Waals surface area contributed by atoms with Gasteiger partial charge in [0.1, 0.15) is 0 Å². The smallest absolute Gasteiger partial charge is 0.310 e. The van der Waals surface area contributed by atoms with Crippen LogP contribution < -0.4 is 5.32 Å². The minimum absolute atomic E-state index is 0.00520. The Morgan fingerprint density at radius 1 is 1.40 bits per heavy atom. The Balaban J connectivity index is 2.25. The number of nitrogens with one attached hydrogen (secondary N) is 1. The summed E-state index contributed by atoms with van der Waals surface area (Å²) in [6.07, 6.45) is 2.60. The first-order chi connectivity index (χ1) is 9.67. The molecule has 1 saturated heterocycles. The SMILES string of the molecule is CCOC(=O)C1CCCN(CC(=O)NCCCOC)C1. The summed E-state index contributed by atoms with van der Waals surface area (Å²) in [6, 6.07) is 0. The van der Waals surface area contributed by atoms with Crippen LogP contribution in [0.3, 0.4) is 0 Å². The highest BCUT2D eigenvalue weighted by Crippen LogP contribution is 2.17. The molecule has 0 aromatic rings. The third-order valence-electron chi connectivity index (χ3n) is 3.34. The molecule has 0 radical (unpaired) electrons. The number of rotatable bonds is 8. The highest BCUT2D eigenvalue weighted by molar-refractivity contribution is 5.78. The van der Waals surface area contributed by atoms with Gasteiger partial charge < -0.3 is 14.8 Å². The van der Waals surface area contributed by atoms with Gasteiger partial charge in [-0.3, -0.25) is 14.5 Å². The molecule has 1 unspecified atom stereocenters. The van der Waals surface area contributed by atoms with Gasteiger partial charge in [0.2, 0.25) is 5.91 Å². The molecule has 1 amide bonds. The molecule has 116 valence electrons. The Labute approximate surface area is 120 Å². The van der Waals surface area contributed by atoms with Gasteiger partial charge >= 0.3 is 5.97 Å². The van der Waals surface area contributed by atoms with E-state index in [1.807, 2.05) is 11.8 Å². The fraction of sp³-hybridized carbons (Fsp3) is 0.857. The molecule has 1 rings (SSSR count). The molecule has 0 aromatic heterocycles. The summed E-state index contributed by atoms with van der Waals surface area (Å²) in [5.74, 6) is -0.228. The lowest BCUT2D eigenvalue weighted by Gasteiger charge is -2.30. The van der Waals surface area contributed by atoms with E-state index in [1.54, 1.807) is 7.11 Å². The molecule has 1 atom stereocenters. The molecule has 6 nitrogen and oxygen atoms in total. The summed E-state index contributed by atoms with van der Waals surface area (Å²) in [6.45, 7) is 5.33. The Kier molecular flexibility index (Phi) is 8.22. The zero-order valence-corrected chi connectivity index (χ0v) is 12.5. The van der Waals surface area contributed by atoms with E-state index in [0.29, 0.717) is 32.8 Å². The van der Waals surface area contributed by atoms with Crippen LogP contribution in [0.2, 0.25) is 0 Å². The van der Waals surface area contributed by atoms with E-state index in [4.69, 9.17) is 9.47 Å². The van der Waals surface area contributed by atoms with Crippen LogP contribution in [0.25, 0.3) is 0 Å². The minimum atomic E-state index is -0.141. The normalized spacial score (nSPS) is 19.6. The summed E-state index contributed by atoms with van der Waals surface area (Å²) in [5.41, 5.74) is 0. The molecule has 20 heavy (non-hydrogen) atoms. The van der Waals surface area contributed by atoms with Crippen LogP contribution in [0.4, 0.5) is 0 Å². The predicted molar refractivity (Wildman–Crippen MR) is 75.3 cm³/mol. The highest BCUT2D eigenvalue weighted by Gasteiger charge is 2.27. The molecule has 1 aliphatic rings. The number of hydrogen-bond acceptors (Lipinski definition) is 5. The van der Waals surface area contributed by atoms with Gasteiger partial charge in [0.25, 0.3) is 0 Å². The molecule has 0 saturated carbocycles. The van der Waals surface area contributed by atoms with Gasteiger partial charge in [-0.15, -0.1) is 0 Å². The monoisotopic (exact) mass is 286 g/mol. The summed E-state index contributed by atoms with van der Waals surface area (Å²) < 4.78 is 9.97. The van der Waals surface area contributed by atoms with Crippen molar-refractivity contribution in [1.82, 2.24) is 10.2 Å². The van der Waals surface area contributed by atoms with Crippen molar-refractivity contribution < 1.29 is 19.1 Å². The Hall–Kier alpha value is -1.14. The van der Waals surface area contributed by atoms with E-state index in [0.717, 1.165) is 25.8 Å². The number of piperidine rings is 1. The first kappa shape index (κ1) is 16.9. The molecule has 1 heterocycles. The molecular formula is C14H26N2O4. The van der Waals surface area contributed by atoms with Gasteiger partial charge in [0, 0.05) is 26.8 Å². The van der Waals surface area contributed by atoms with Crippen LogP contribution in [-0.2, 0) is 19.1 Å². The lowest BCUT2D eigenvalue weighted by Crippen LogP contribution is -2.44. The second kappa shape index (κ2) is 9.72. The third kappa shape index (κ3) is 6.34. The number of carbonyl (C=O) groups is 2. The van der Waals surface area contributed by atoms with Crippen molar-refractivity contribution in [3.8, 4) is 0 Å². The number of nitrogens with zero attached hydrogens (tertiary/aromatic N) is 1. The van der Waals surface area contributed by atoms with E-state index in [2.05, 4.69) is 5.32 Å². The zero-order chi connectivity index (χ0) is 14.8. The highest BCUT2D eigenvalue weighted by atomic mass is 16.5. The topological polar surface area (TPSA) is 67.9 Å². The zero-order valence-electron chi connectivity index (χ0n) is 12.5. The van der Waals surface area contributed by atoms with Crippen LogP contribution in [0, 0.1) is 5.92 Å². The molecule has 0 spiro atoms. The average Bonchev–Trinajstić information content (AvgIpc) is 2.44. The molecule has 0 aliphatic carbocycles. The first-order valence-electron chi connectivity index (χ1n) is 7.32. The Morgan fingerprint density at radius 2 is 2.20 bits per heavy atom. The Bertz CT molecular complexity index is 310. The number of methoxy groups -OCH3 is 1. The summed E-state index contributed by atoms with van der Waals surface area (Å²) in [5, 5.41) is 2.86. The summed E-state index contributed by atoms with van der Waals surface area (Å²) in [7, 11) is 1.64. The first-order valence-corrected chi connectivity index (χ1v) is 7.32. The number of amides is 1.